The van der Waals surface area contributed by atoms with Gasteiger partial charge in [0.05, 0.1) is 5.54 Å². The molecule has 2 nitrogen and oxygen atoms in total. The summed E-state index contributed by atoms with van der Waals surface area (Å²) in [5.74, 6) is 0.220. The lowest BCUT2D eigenvalue weighted by molar-refractivity contribution is -0.129. The summed E-state index contributed by atoms with van der Waals surface area (Å²) >= 11 is 0. The van der Waals surface area contributed by atoms with Crippen molar-refractivity contribution < 1.29 is 4.79 Å². The Hall–Kier alpha value is -1.57. The second kappa shape index (κ2) is 3.00. The van der Waals surface area contributed by atoms with E-state index in [0.717, 1.165) is 19.4 Å². The van der Waals surface area contributed by atoms with Crippen LogP contribution in [0.5, 0.6) is 0 Å². The third-order valence-electron chi connectivity index (χ3n) is 4.58. The molecule has 1 spiro atoms. The van der Waals surface area contributed by atoms with Crippen molar-refractivity contribution in [3.8, 4) is 0 Å². The lowest BCUT2D eigenvalue weighted by Gasteiger charge is -2.39. The first-order valence-electron chi connectivity index (χ1n) is 6.43. The zero-order chi connectivity index (χ0) is 11.5. The van der Waals surface area contributed by atoms with E-state index >= 15 is 0 Å². The van der Waals surface area contributed by atoms with Crippen molar-refractivity contribution in [1.29, 1.82) is 0 Å². The molecule has 0 N–H and O–H groups in total. The lowest BCUT2D eigenvalue weighted by Crippen LogP contribution is -2.41. The van der Waals surface area contributed by atoms with Gasteiger partial charge in [-0.1, -0.05) is 30.7 Å². The fourth-order valence-corrected chi connectivity index (χ4v) is 3.88. The average molecular weight is 225 g/mol. The zero-order valence-corrected chi connectivity index (χ0v) is 9.78. The normalized spacial score (nSPS) is 29.8. The Labute approximate surface area is 101 Å². The van der Waals surface area contributed by atoms with E-state index < -0.39 is 0 Å². The SMILES string of the molecule is O=C1C=C2CCCCC23c2ccccc2CN13. The highest BCUT2D eigenvalue weighted by atomic mass is 16.2. The largest absolute Gasteiger partial charge is 0.321 e. The molecule has 1 aliphatic carbocycles. The van der Waals surface area contributed by atoms with Crippen LogP contribution in [0.25, 0.3) is 0 Å². The molecule has 1 atom stereocenters. The fourth-order valence-electron chi connectivity index (χ4n) is 3.88. The van der Waals surface area contributed by atoms with Crippen molar-refractivity contribution in [1.82, 2.24) is 4.90 Å². The number of nitrogens with zero attached hydrogens (tertiary/aromatic N) is 1. The molecule has 17 heavy (non-hydrogen) atoms. The van der Waals surface area contributed by atoms with Crippen molar-refractivity contribution in [3.63, 3.8) is 0 Å². The molecule has 4 rings (SSSR count). The minimum atomic E-state index is -0.0497. The third kappa shape index (κ3) is 0.991. The van der Waals surface area contributed by atoms with Gasteiger partial charge >= 0.3 is 0 Å². The van der Waals surface area contributed by atoms with Gasteiger partial charge in [-0.15, -0.1) is 0 Å². The van der Waals surface area contributed by atoms with Crippen molar-refractivity contribution in [2.45, 2.75) is 37.8 Å². The molecule has 1 aromatic carbocycles. The number of hydrogen-bond donors (Lipinski definition) is 0. The van der Waals surface area contributed by atoms with Crippen LogP contribution >= 0.6 is 0 Å². The van der Waals surface area contributed by atoms with E-state index in [0.29, 0.717) is 0 Å². The maximum absolute atomic E-state index is 12.1. The van der Waals surface area contributed by atoms with Gasteiger partial charge in [-0.05, 0) is 36.0 Å². The molecule has 2 aliphatic heterocycles. The molecule has 1 aromatic rings. The Balaban J connectivity index is 1.98. The molecule has 0 saturated heterocycles. The maximum Gasteiger partial charge on any atom is 0.247 e. The zero-order valence-electron chi connectivity index (χ0n) is 9.78. The van der Waals surface area contributed by atoms with Crippen LogP contribution in [0, 0.1) is 0 Å². The number of carbonyl (C=O) groups is 1. The topological polar surface area (TPSA) is 20.3 Å². The predicted molar refractivity (Wildman–Crippen MR) is 65.2 cm³/mol. The van der Waals surface area contributed by atoms with Crippen LogP contribution in [0.2, 0.25) is 0 Å². The molecule has 2 heteroatoms. The molecule has 1 saturated carbocycles. The van der Waals surface area contributed by atoms with Gasteiger partial charge < -0.3 is 4.90 Å². The van der Waals surface area contributed by atoms with Gasteiger partial charge in [0.2, 0.25) is 5.91 Å². The summed E-state index contributed by atoms with van der Waals surface area (Å²) in [6, 6.07) is 8.56. The van der Waals surface area contributed by atoms with E-state index in [9.17, 15) is 4.79 Å². The fraction of sp³-hybridized carbons (Fsp3) is 0.400. The first kappa shape index (κ1) is 9.46. The minimum absolute atomic E-state index is 0.0497. The van der Waals surface area contributed by atoms with E-state index in [-0.39, 0.29) is 11.4 Å². The van der Waals surface area contributed by atoms with E-state index in [4.69, 9.17) is 0 Å². The minimum Gasteiger partial charge on any atom is -0.321 e. The van der Waals surface area contributed by atoms with Crippen molar-refractivity contribution in [2.24, 2.45) is 0 Å². The highest BCUT2D eigenvalue weighted by molar-refractivity contribution is 5.94. The van der Waals surface area contributed by atoms with Crippen LogP contribution in [0.3, 0.4) is 0 Å². The molecule has 3 aliphatic rings. The second-order valence-electron chi connectivity index (χ2n) is 5.32. The molecule has 1 fully saturated rings. The summed E-state index contributed by atoms with van der Waals surface area (Å²) in [5, 5.41) is 0. The van der Waals surface area contributed by atoms with E-state index in [2.05, 4.69) is 29.2 Å². The van der Waals surface area contributed by atoms with Gasteiger partial charge in [-0.25, -0.2) is 0 Å². The molecular formula is C15H15NO. The Morgan fingerprint density at radius 1 is 1.18 bits per heavy atom. The lowest BCUT2D eigenvalue weighted by atomic mass is 9.74. The summed E-state index contributed by atoms with van der Waals surface area (Å²) < 4.78 is 0. The van der Waals surface area contributed by atoms with Crippen molar-refractivity contribution in [2.75, 3.05) is 0 Å². The summed E-state index contributed by atoms with van der Waals surface area (Å²) in [6.45, 7) is 0.801. The van der Waals surface area contributed by atoms with Crippen molar-refractivity contribution in [3.05, 3.63) is 47.0 Å². The molecule has 0 aromatic heterocycles. The smallest absolute Gasteiger partial charge is 0.247 e. The first-order chi connectivity index (χ1) is 8.32. The van der Waals surface area contributed by atoms with Crippen LogP contribution in [-0.4, -0.2) is 10.8 Å². The van der Waals surface area contributed by atoms with E-state index in [1.54, 1.807) is 0 Å². The van der Waals surface area contributed by atoms with Gasteiger partial charge in [0.15, 0.2) is 0 Å². The number of fused-ring (bicyclic) bond motifs is 1. The molecule has 2 heterocycles. The van der Waals surface area contributed by atoms with Crippen molar-refractivity contribution >= 4 is 5.91 Å². The highest BCUT2D eigenvalue weighted by Crippen LogP contribution is 2.54. The van der Waals surface area contributed by atoms with Crippen LogP contribution in [0.4, 0.5) is 0 Å². The third-order valence-corrected chi connectivity index (χ3v) is 4.58. The molecule has 1 amide bonds. The molecular weight excluding hydrogens is 210 g/mol. The number of benzene rings is 1. The monoisotopic (exact) mass is 225 g/mol. The predicted octanol–water partition coefficient (Wildman–Crippen LogP) is 2.74. The van der Waals surface area contributed by atoms with Gasteiger partial charge in [-0.2, -0.15) is 0 Å². The van der Waals surface area contributed by atoms with Crippen LogP contribution in [0.1, 0.15) is 36.8 Å². The molecule has 0 bridgehead atoms. The second-order valence-corrected chi connectivity index (χ2v) is 5.32. The summed E-state index contributed by atoms with van der Waals surface area (Å²) in [7, 11) is 0. The van der Waals surface area contributed by atoms with Crippen LogP contribution in [0.15, 0.2) is 35.9 Å². The maximum atomic E-state index is 12.1. The number of rotatable bonds is 0. The Morgan fingerprint density at radius 3 is 3.00 bits per heavy atom. The van der Waals surface area contributed by atoms with Gasteiger partial charge in [0.25, 0.3) is 0 Å². The summed E-state index contributed by atoms with van der Waals surface area (Å²) in [4.78, 5) is 14.2. The first-order valence-corrected chi connectivity index (χ1v) is 6.43. The Kier molecular flexibility index (Phi) is 1.67. The summed E-state index contributed by atoms with van der Waals surface area (Å²) in [5.41, 5.74) is 4.04. The van der Waals surface area contributed by atoms with Gasteiger partial charge in [0.1, 0.15) is 0 Å². The van der Waals surface area contributed by atoms with Crippen LogP contribution < -0.4 is 0 Å². The molecule has 0 radical (unpaired) electrons. The van der Waals surface area contributed by atoms with E-state index in [1.807, 2.05) is 6.08 Å². The van der Waals surface area contributed by atoms with E-state index in [1.165, 1.54) is 29.5 Å². The molecule has 86 valence electrons. The number of amides is 1. The average Bonchev–Trinajstić information content (AvgIpc) is 2.82. The van der Waals surface area contributed by atoms with Gasteiger partial charge in [0, 0.05) is 12.6 Å². The highest BCUT2D eigenvalue weighted by Gasteiger charge is 2.53. The molecule has 1 unspecified atom stereocenters. The summed E-state index contributed by atoms with van der Waals surface area (Å²) in [6.07, 6.45) is 6.57. The Bertz CT molecular complexity index is 546. The number of carbonyl (C=O) groups excluding carboxylic acids is 1. The number of hydrogen-bond acceptors (Lipinski definition) is 1. The van der Waals surface area contributed by atoms with Crippen LogP contribution in [-0.2, 0) is 16.9 Å². The standard InChI is InChI=1S/C15H15NO/c17-14-9-12-6-3-4-8-15(12)13-7-2-1-5-11(13)10-16(14)15/h1-2,5,7,9H,3-4,6,8,10H2. The quantitative estimate of drug-likeness (QED) is 0.665. The van der Waals surface area contributed by atoms with Gasteiger partial charge in [-0.3, -0.25) is 4.79 Å². The Morgan fingerprint density at radius 2 is 2.06 bits per heavy atom.